The monoisotopic (exact) mass is 370 g/mol. The summed E-state index contributed by atoms with van der Waals surface area (Å²) >= 11 is 19.5. The predicted octanol–water partition coefficient (Wildman–Crippen LogP) is 4.99. The molecule has 2 aromatic carbocycles. The van der Waals surface area contributed by atoms with Crippen LogP contribution < -0.4 is 9.27 Å². The lowest BCUT2D eigenvalue weighted by Crippen LogP contribution is -2.34. The van der Waals surface area contributed by atoms with Crippen LogP contribution in [0.2, 0.25) is 0 Å². The van der Waals surface area contributed by atoms with Gasteiger partial charge < -0.3 is 5.32 Å². The second-order valence-electron chi connectivity index (χ2n) is 4.45. The van der Waals surface area contributed by atoms with Crippen LogP contribution in [0.1, 0.15) is 5.82 Å². The maximum absolute atomic E-state index is 6.06. The smallest absolute Gasteiger partial charge is 0.308 e. The van der Waals surface area contributed by atoms with Gasteiger partial charge in [-0.25, -0.2) is 0 Å². The molecule has 0 aliphatic rings. The van der Waals surface area contributed by atoms with Gasteiger partial charge in [-0.1, -0.05) is 71.2 Å². The molecule has 0 atom stereocenters. The van der Waals surface area contributed by atoms with E-state index >= 15 is 0 Å². The second kappa shape index (κ2) is 6.42. The Hall–Kier alpha value is -1.33. The van der Waals surface area contributed by atoms with Gasteiger partial charge in [0.05, 0.1) is 0 Å². The summed E-state index contributed by atoms with van der Waals surface area (Å²) in [5.41, 5.74) is 1.81. The van der Waals surface area contributed by atoms with Gasteiger partial charge in [0, 0.05) is 5.69 Å². The third-order valence-corrected chi connectivity index (χ3v) is 4.29. The molecule has 3 nitrogen and oxygen atoms in total. The summed E-state index contributed by atoms with van der Waals surface area (Å²) < 4.78 is 0.196. The fraction of sp³-hybridized carbons (Fsp3) is 0.0667. The molecule has 1 heterocycles. The SMILES string of the molecule is ClC(Cl)(Cl)c1nc(Nc2ccccc2)s[n+]1-c1ccccc1. The van der Waals surface area contributed by atoms with Gasteiger partial charge in [0.2, 0.25) is 0 Å². The lowest BCUT2D eigenvalue weighted by molar-refractivity contribution is -0.532. The molecule has 112 valence electrons. The molecule has 0 aliphatic heterocycles. The molecular weight excluding hydrogens is 361 g/mol. The normalized spacial score (nSPS) is 11.4. The third-order valence-electron chi connectivity index (χ3n) is 2.85. The molecule has 0 saturated carbocycles. The standard InChI is InChI=1S/C15H10Cl3N3S/c16-15(17,18)13-20-14(19-11-7-3-1-4-8-11)22-21(13)12-9-5-2-6-10-12/h1-10H/p+1. The summed E-state index contributed by atoms with van der Waals surface area (Å²) in [7, 11) is 0. The highest BCUT2D eigenvalue weighted by Crippen LogP contribution is 2.37. The van der Waals surface area contributed by atoms with Gasteiger partial charge in [-0.2, -0.15) is 0 Å². The molecule has 3 aromatic rings. The molecular formula is C15H11Cl3N3S+. The van der Waals surface area contributed by atoms with E-state index in [1.165, 1.54) is 11.5 Å². The molecule has 1 N–H and O–H groups in total. The Labute approximate surface area is 147 Å². The van der Waals surface area contributed by atoms with Crippen molar-refractivity contribution in [1.29, 1.82) is 0 Å². The number of rotatable bonds is 3. The largest absolute Gasteiger partial charge is 0.370 e. The van der Waals surface area contributed by atoms with Crippen LogP contribution in [0, 0.1) is 0 Å². The minimum absolute atomic E-state index is 0.354. The van der Waals surface area contributed by atoms with Gasteiger partial charge >= 0.3 is 11.0 Å². The van der Waals surface area contributed by atoms with Crippen molar-refractivity contribution in [1.82, 2.24) is 4.98 Å². The summed E-state index contributed by atoms with van der Waals surface area (Å²) in [4.78, 5) is 4.43. The molecule has 0 saturated heterocycles. The summed E-state index contributed by atoms with van der Waals surface area (Å²) in [6.45, 7) is 0. The first-order valence-electron chi connectivity index (χ1n) is 6.42. The first kappa shape index (κ1) is 15.6. The van der Waals surface area contributed by atoms with E-state index in [1.54, 1.807) is 3.96 Å². The van der Waals surface area contributed by atoms with Gasteiger partial charge in [-0.3, -0.25) is 0 Å². The number of para-hydroxylation sites is 2. The fourth-order valence-electron chi connectivity index (χ4n) is 1.90. The molecule has 0 radical (unpaired) electrons. The van der Waals surface area contributed by atoms with Gasteiger partial charge in [-0.15, -0.1) is 3.96 Å². The Balaban J connectivity index is 2.02. The number of nitrogens with zero attached hydrogens (tertiary/aromatic N) is 2. The van der Waals surface area contributed by atoms with Crippen LogP contribution in [0.4, 0.5) is 10.8 Å². The quantitative estimate of drug-likeness (QED) is 0.519. The molecule has 0 unspecified atom stereocenters. The number of anilines is 2. The fourth-order valence-corrected chi connectivity index (χ4v) is 3.39. The van der Waals surface area contributed by atoms with Crippen LogP contribution in [0.5, 0.6) is 0 Å². The Morgan fingerprint density at radius 2 is 1.50 bits per heavy atom. The molecule has 0 fully saturated rings. The molecule has 3 rings (SSSR count). The van der Waals surface area contributed by atoms with Gasteiger partial charge in [0.1, 0.15) is 17.2 Å². The van der Waals surface area contributed by atoms with Crippen molar-refractivity contribution in [2.24, 2.45) is 0 Å². The Kier molecular flexibility index (Phi) is 4.54. The molecule has 22 heavy (non-hydrogen) atoms. The van der Waals surface area contributed by atoms with E-state index < -0.39 is 3.79 Å². The van der Waals surface area contributed by atoms with Crippen LogP contribution in [-0.4, -0.2) is 4.98 Å². The maximum Gasteiger partial charge on any atom is 0.370 e. The van der Waals surface area contributed by atoms with Crippen molar-refractivity contribution < 1.29 is 3.96 Å². The van der Waals surface area contributed by atoms with Gasteiger partial charge in [-0.05, 0) is 29.2 Å². The first-order chi connectivity index (χ1) is 10.5. The van der Waals surface area contributed by atoms with E-state index in [4.69, 9.17) is 34.8 Å². The minimum Gasteiger partial charge on any atom is -0.308 e. The average molecular weight is 372 g/mol. The number of halogens is 3. The molecule has 0 amide bonds. The predicted molar refractivity (Wildman–Crippen MR) is 92.6 cm³/mol. The average Bonchev–Trinajstić information content (AvgIpc) is 2.93. The lowest BCUT2D eigenvalue weighted by atomic mass is 10.3. The molecule has 0 spiro atoms. The van der Waals surface area contributed by atoms with E-state index in [-0.39, 0.29) is 0 Å². The molecule has 0 bridgehead atoms. The zero-order chi connectivity index (χ0) is 15.6. The van der Waals surface area contributed by atoms with E-state index in [0.717, 1.165) is 11.4 Å². The van der Waals surface area contributed by atoms with Crippen LogP contribution in [0.15, 0.2) is 60.7 Å². The van der Waals surface area contributed by atoms with E-state index in [9.17, 15) is 0 Å². The number of alkyl halides is 3. The molecule has 1 aromatic heterocycles. The van der Waals surface area contributed by atoms with Crippen molar-refractivity contribution in [3.05, 3.63) is 66.5 Å². The number of aromatic nitrogens is 2. The summed E-state index contributed by atoms with van der Waals surface area (Å²) in [5, 5.41) is 3.87. The van der Waals surface area contributed by atoms with Gasteiger partial charge in [0.25, 0.3) is 3.79 Å². The summed E-state index contributed by atoms with van der Waals surface area (Å²) in [6.07, 6.45) is 0. The van der Waals surface area contributed by atoms with Crippen molar-refractivity contribution in [2.75, 3.05) is 5.32 Å². The summed E-state index contributed by atoms with van der Waals surface area (Å²) in [6, 6.07) is 19.4. The maximum atomic E-state index is 6.06. The Morgan fingerprint density at radius 1 is 0.909 bits per heavy atom. The third kappa shape index (κ3) is 3.52. The number of nitrogens with one attached hydrogen (secondary N) is 1. The number of hydrogen-bond donors (Lipinski definition) is 1. The summed E-state index contributed by atoms with van der Waals surface area (Å²) in [5.74, 6) is 0.354. The zero-order valence-electron chi connectivity index (χ0n) is 11.2. The first-order valence-corrected chi connectivity index (χ1v) is 8.33. The second-order valence-corrected chi connectivity index (χ2v) is 7.67. The molecule has 0 aliphatic carbocycles. The number of hydrogen-bond acceptors (Lipinski definition) is 3. The van der Waals surface area contributed by atoms with Gasteiger partial charge in [0.15, 0.2) is 0 Å². The zero-order valence-corrected chi connectivity index (χ0v) is 14.3. The Morgan fingerprint density at radius 3 is 2.09 bits per heavy atom. The lowest BCUT2D eigenvalue weighted by Gasteiger charge is -2.03. The highest BCUT2D eigenvalue weighted by molar-refractivity contribution is 7.06. The van der Waals surface area contributed by atoms with Crippen LogP contribution in [0.3, 0.4) is 0 Å². The van der Waals surface area contributed by atoms with E-state index in [0.29, 0.717) is 11.0 Å². The highest BCUT2D eigenvalue weighted by Gasteiger charge is 2.40. The topological polar surface area (TPSA) is 28.8 Å². The minimum atomic E-state index is -1.61. The van der Waals surface area contributed by atoms with Crippen molar-refractivity contribution in [2.45, 2.75) is 3.79 Å². The highest BCUT2D eigenvalue weighted by atomic mass is 35.6. The van der Waals surface area contributed by atoms with Crippen molar-refractivity contribution in [3.63, 3.8) is 0 Å². The van der Waals surface area contributed by atoms with E-state index in [2.05, 4.69) is 10.3 Å². The van der Waals surface area contributed by atoms with Crippen molar-refractivity contribution >= 4 is 57.2 Å². The van der Waals surface area contributed by atoms with Crippen LogP contribution in [-0.2, 0) is 3.79 Å². The van der Waals surface area contributed by atoms with E-state index in [1.807, 2.05) is 60.7 Å². The number of benzene rings is 2. The Bertz CT molecular complexity index is 755. The van der Waals surface area contributed by atoms with Crippen LogP contribution >= 0.6 is 46.3 Å². The molecule has 7 heteroatoms. The van der Waals surface area contributed by atoms with Crippen molar-refractivity contribution in [3.8, 4) is 5.69 Å². The van der Waals surface area contributed by atoms with Crippen LogP contribution in [0.25, 0.3) is 5.69 Å².